The van der Waals surface area contributed by atoms with Crippen LogP contribution in [0.1, 0.15) is 35.7 Å². The number of hydrogen-bond acceptors (Lipinski definition) is 3. The molecule has 1 aliphatic heterocycles. The normalized spacial score (nSPS) is 20.7. The Hall–Kier alpha value is -2.14. The Labute approximate surface area is 130 Å². The SMILES string of the molecule is C=CC(=O)NCc1ccc(C(=O)N2[C@@H](CO)CC[C@H]2C)cc1. The van der Waals surface area contributed by atoms with E-state index in [9.17, 15) is 14.7 Å². The molecular weight excluding hydrogens is 280 g/mol. The van der Waals surface area contributed by atoms with Gasteiger partial charge in [0.25, 0.3) is 5.91 Å². The molecule has 2 amide bonds. The van der Waals surface area contributed by atoms with Crippen molar-refractivity contribution in [2.75, 3.05) is 6.61 Å². The summed E-state index contributed by atoms with van der Waals surface area (Å²) >= 11 is 0. The van der Waals surface area contributed by atoms with Gasteiger partial charge in [0, 0.05) is 18.2 Å². The van der Waals surface area contributed by atoms with Crippen LogP contribution in [-0.4, -0.2) is 40.5 Å². The third-order valence-electron chi connectivity index (χ3n) is 4.08. The number of rotatable bonds is 5. The number of nitrogens with zero attached hydrogens (tertiary/aromatic N) is 1. The zero-order valence-corrected chi connectivity index (χ0v) is 12.8. The second kappa shape index (κ2) is 7.22. The van der Waals surface area contributed by atoms with Crippen LogP contribution in [0.4, 0.5) is 0 Å². The van der Waals surface area contributed by atoms with E-state index in [0.29, 0.717) is 12.1 Å². The van der Waals surface area contributed by atoms with Gasteiger partial charge in [-0.15, -0.1) is 0 Å². The van der Waals surface area contributed by atoms with Gasteiger partial charge < -0.3 is 15.3 Å². The predicted octanol–water partition coefficient (Wildman–Crippen LogP) is 1.47. The second-order valence-electron chi connectivity index (χ2n) is 5.59. The second-order valence-corrected chi connectivity index (χ2v) is 5.59. The van der Waals surface area contributed by atoms with Gasteiger partial charge >= 0.3 is 0 Å². The quantitative estimate of drug-likeness (QED) is 0.809. The highest BCUT2D eigenvalue weighted by Crippen LogP contribution is 2.25. The van der Waals surface area contributed by atoms with E-state index in [0.717, 1.165) is 18.4 Å². The summed E-state index contributed by atoms with van der Waals surface area (Å²) in [6.07, 6.45) is 2.99. The van der Waals surface area contributed by atoms with Crippen LogP contribution in [0.25, 0.3) is 0 Å². The summed E-state index contributed by atoms with van der Waals surface area (Å²) in [5.74, 6) is -0.275. The molecule has 2 atom stereocenters. The first-order chi connectivity index (χ1) is 10.6. The van der Waals surface area contributed by atoms with Crippen molar-refractivity contribution in [2.24, 2.45) is 0 Å². The molecule has 2 N–H and O–H groups in total. The Morgan fingerprint density at radius 1 is 1.36 bits per heavy atom. The van der Waals surface area contributed by atoms with Crippen molar-refractivity contribution in [3.8, 4) is 0 Å². The molecule has 1 aromatic carbocycles. The highest BCUT2D eigenvalue weighted by molar-refractivity contribution is 5.95. The van der Waals surface area contributed by atoms with E-state index in [-0.39, 0.29) is 30.5 Å². The van der Waals surface area contributed by atoms with Gasteiger partial charge in [0.2, 0.25) is 5.91 Å². The molecule has 1 saturated heterocycles. The lowest BCUT2D eigenvalue weighted by molar-refractivity contribution is -0.116. The summed E-state index contributed by atoms with van der Waals surface area (Å²) in [5, 5.41) is 12.1. The summed E-state index contributed by atoms with van der Waals surface area (Å²) in [7, 11) is 0. The summed E-state index contributed by atoms with van der Waals surface area (Å²) in [6, 6.07) is 7.23. The Kier molecular flexibility index (Phi) is 5.33. The van der Waals surface area contributed by atoms with E-state index in [2.05, 4.69) is 11.9 Å². The van der Waals surface area contributed by atoms with Crippen molar-refractivity contribution in [2.45, 2.75) is 38.4 Å². The lowest BCUT2D eigenvalue weighted by Gasteiger charge is -2.27. The van der Waals surface area contributed by atoms with Crippen LogP contribution in [0.5, 0.6) is 0 Å². The fourth-order valence-corrected chi connectivity index (χ4v) is 2.79. The van der Waals surface area contributed by atoms with Crippen molar-refractivity contribution < 1.29 is 14.7 Å². The molecule has 0 bridgehead atoms. The Balaban J connectivity index is 2.04. The maximum Gasteiger partial charge on any atom is 0.254 e. The standard InChI is InChI=1S/C17H22N2O3/c1-3-16(21)18-10-13-5-7-14(8-6-13)17(22)19-12(2)4-9-15(19)11-20/h3,5-8,12,15,20H,1,4,9-11H2,2H3,(H,18,21)/t12-,15-/m1/s1. The fourth-order valence-electron chi connectivity index (χ4n) is 2.79. The number of aliphatic hydroxyl groups excluding tert-OH is 1. The van der Waals surface area contributed by atoms with E-state index in [4.69, 9.17) is 0 Å². The molecule has 2 rings (SSSR count). The molecule has 1 aliphatic rings. The number of hydrogen-bond donors (Lipinski definition) is 2. The maximum absolute atomic E-state index is 12.6. The molecule has 5 nitrogen and oxygen atoms in total. The largest absolute Gasteiger partial charge is 0.394 e. The number of aliphatic hydroxyl groups is 1. The number of amides is 2. The molecule has 1 heterocycles. The molecule has 1 fully saturated rings. The van der Waals surface area contributed by atoms with Crippen LogP contribution in [-0.2, 0) is 11.3 Å². The molecule has 118 valence electrons. The van der Waals surface area contributed by atoms with Gasteiger partial charge in [-0.2, -0.15) is 0 Å². The molecule has 0 aliphatic carbocycles. The van der Waals surface area contributed by atoms with Gasteiger partial charge in [0.1, 0.15) is 0 Å². The van der Waals surface area contributed by atoms with Crippen molar-refractivity contribution in [1.29, 1.82) is 0 Å². The predicted molar refractivity (Wildman–Crippen MR) is 84.2 cm³/mol. The minimum atomic E-state index is -0.225. The minimum Gasteiger partial charge on any atom is -0.394 e. The van der Waals surface area contributed by atoms with E-state index in [1.54, 1.807) is 17.0 Å². The van der Waals surface area contributed by atoms with E-state index >= 15 is 0 Å². The molecule has 0 saturated carbocycles. The van der Waals surface area contributed by atoms with Gasteiger partial charge in [0.15, 0.2) is 0 Å². The first-order valence-electron chi connectivity index (χ1n) is 7.49. The van der Waals surface area contributed by atoms with Gasteiger partial charge in [-0.25, -0.2) is 0 Å². The van der Waals surface area contributed by atoms with Crippen molar-refractivity contribution >= 4 is 11.8 Å². The zero-order chi connectivity index (χ0) is 16.1. The molecule has 0 radical (unpaired) electrons. The van der Waals surface area contributed by atoms with Crippen LogP contribution in [0, 0.1) is 0 Å². The number of likely N-dealkylation sites (tertiary alicyclic amines) is 1. The van der Waals surface area contributed by atoms with Gasteiger partial charge in [0.05, 0.1) is 12.6 Å². The molecular formula is C17H22N2O3. The first kappa shape index (κ1) is 16.2. The Morgan fingerprint density at radius 3 is 2.64 bits per heavy atom. The van der Waals surface area contributed by atoms with Crippen molar-refractivity contribution in [3.63, 3.8) is 0 Å². The molecule has 22 heavy (non-hydrogen) atoms. The van der Waals surface area contributed by atoms with Crippen LogP contribution in [0.3, 0.4) is 0 Å². The molecule has 5 heteroatoms. The first-order valence-corrected chi connectivity index (χ1v) is 7.49. The molecule has 0 spiro atoms. The summed E-state index contributed by atoms with van der Waals surface area (Å²) in [6.45, 7) is 5.80. The highest BCUT2D eigenvalue weighted by Gasteiger charge is 2.34. The average Bonchev–Trinajstić information content (AvgIpc) is 2.93. The highest BCUT2D eigenvalue weighted by atomic mass is 16.3. The Morgan fingerprint density at radius 2 is 2.05 bits per heavy atom. The number of carbonyl (C=O) groups excluding carboxylic acids is 2. The smallest absolute Gasteiger partial charge is 0.254 e. The third kappa shape index (κ3) is 3.54. The van der Waals surface area contributed by atoms with Gasteiger partial charge in [-0.3, -0.25) is 9.59 Å². The van der Waals surface area contributed by atoms with Crippen LogP contribution >= 0.6 is 0 Å². The van der Waals surface area contributed by atoms with Crippen LogP contribution in [0.2, 0.25) is 0 Å². The molecule has 0 unspecified atom stereocenters. The van der Waals surface area contributed by atoms with Gasteiger partial charge in [-0.05, 0) is 43.5 Å². The van der Waals surface area contributed by atoms with E-state index in [1.807, 2.05) is 19.1 Å². The number of nitrogens with one attached hydrogen (secondary N) is 1. The van der Waals surface area contributed by atoms with Gasteiger partial charge in [-0.1, -0.05) is 18.7 Å². The lowest BCUT2D eigenvalue weighted by atomic mass is 10.1. The summed E-state index contributed by atoms with van der Waals surface area (Å²) in [5.41, 5.74) is 1.52. The average molecular weight is 302 g/mol. The topological polar surface area (TPSA) is 69.6 Å². The maximum atomic E-state index is 12.6. The zero-order valence-electron chi connectivity index (χ0n) is 12.8. The van der Waals surface area contributed by atoms with Crippen molar-refractivity contribution in [3.05, 3.63) is 48.0 Å². The van der Waals surface area contributed by atoms with Crippen molar-refractivity contribution in [1.82, 2.24) is 10.2 Å². The third-order valence-corrected chi connectivity index (χ3v) is 4.08. The van der Waals surface area contributed by atoms with E-state index < -0.39 is 0 Å². The number of carbonyl (C=O) groups is 2. The lowest BCUT2D eigenvalue weighted by Crippen LogP contribution is -2.41. The number of benzene rings is 1. The van der Waals surface area contributed by atoms with Crippen LogP contribution in [0.15, 0.2) is 36.9 Å². The summed E-state index contributed by atoms with van der Waals surface area (Å²) in [4.78, 5) is 25.5. The Bertz CT molecular complexity index is 554. The molecule has 1 aromatic rings. The molecule has 0 aromatic heterocycles. The fraction of sp³-hybridized carbons (Fsp3) is 0.412. The summed E-state index contributed by atoms with van der Waals surface area (Å²) < 4.78 is 0. The van der Waals surface area contributed by atoms with E-state index in [1.165, 1.54) is 6.08 Å². The van der Waals surface area contributed by atoms with Crippen LogP contribution < -0.4 is 5.32 Å². The minimum absolute atomic E-state index is 0.00173. The monoisotopic (exact) mass is 302 g/mol.